The van der Waals surface area contributed by atoms with Crippen molar-refractivity contribution in [2.75, 3.05) is 7.11 Å². The highest BCUT2D eigenvalue weighted by Gasteiger charge is 2.08. The Morgan fingerprint density at radius 3 is 2.76 bits per heavy atom. The second-order valence-electron chi connectivity index (χ2n) is 4.83. The average molecular weight is 281 g/mol. The Labute approximate surface area is 122 Å². The Kier molecular flexibility index (Phi) is 3.36. The SMILES string of the molecule is COc1ccccc1Cn1ccc2cc(C(=O)O)ccc21. The topological polar surface area (TPSA) is 51.5 Å². The molecular formula is C17H15NO3. The van der Waals surface area contributed by atoms with Gasteiger partial charge in [-0.15, -0.1) is 0 Å². The molecule has 0 saturated heterocycles. The van der Waals surface area contributed by atoms with Crippen LogP contribution in [0.15, 0.2) is 54.7 Å². The minimum atomic E-state index is -0.908. The van der Waals surface area contributed by atoms with Crippen LogP contribution in [0.2, 0.25) is 0 Å². The number of nitrogens with zero attached hydrogens (tertiary/aromatic N) is 1. The molecule has 4 nitrogen and oxygen atoms in total. The standard InChI is InChI=1S/C17H15NO3/c1-21-16-5-3-2-4-14(16)11-18-9-8-12-10-13(17(19)20)6-7-15(12)18/h2-10H,11H2,1H3,(H,19,20). The summed E-state index contributed by atoms with van der Waals surface area (Å²) in [5, 5.41) is 9.95. The molecule has 0 bridgehead atoms. The van der Waals surface area contributed by atoms with Crippen LogP contribution in [-0.4, -0.2) is 22.8 Å². The number of benzene rings is 2. The lowest BCUT2D eigenvalue weighted by atomic mass is 10.1. The smallest absolute Gasteiger partial charge is 0.335 e. The van der Waals surface area contributed by atoms with E-state index in [0.29, 0.717) is 12.1 Å². The van der Waals surface area contributed by atoms with E-state index in [1.54, 1.807) is 19.2 Å². The molecule has 0 fully saturated rings. The first-order valence-electron chi connectivity index (χ1n) is 6.63. The molecule has 0 spiro atoms. The van der Waals surface area contributed by atoms with E-state index in [0.717, 1.165) is 22.2 Å². The summed E-state index contributed by atoms with van der Waals surface area (Å²) in [6.45, 7) is 0.680. The van der Waals surface area contributed by atoms with E-state index in [1.165, 1.54) is 0 Å². The molecule has 3 aromatic rings. The first-order chi connectivity index (χ1) is 10.2. The quantitative estimate of drug-likeness (QED) is 0.797. The van der Waals surface area contributed by atoms with Crippen molar-refractivity contribution >= 4 is 16.9 Å². The van der Waals surface area contributed by atoms with Crippen LogP contribution in [0.1, 0.15) is 15.9 Å². The zero-order valence-corrected chi connectivity index (χ0v) is 11.6. The predicted molar refractivity (Wildman–Crippen MR) is 81.0 cm³/mol. The molecule has 106 valence electrons. The van der Waals surface area contributed by atoms with Crippen molar-refractivity contribution in [1.82, 2.24) is 4.57 Å². The van der Waals surface area contributed by atoms with Gasteiger partial charge in [0.05, 0.1) is 19.2 Å². The average Bonchev–Trinajstić information content (AvgIpc) is 2.90. The third kappa shape index (κ3) is 2.48. The van der Waals surface area contributed by atoms with Crippen LogP contribution in [0, 0.1) is 0 Å². The number of carboxylic acids is 1. The molecule has 0 amide bonds. The molecule has 0 aliphatic carbocycles. The van der Waals surface area contributed by atoms with E-state index < -0.39 is 5.97 Å². The molecule has 1 N–H and O–H groups in total. The van der Waals surface area contributed by atoms with E-state index in [-0.39, 0.29) is 0 Å². The lowest BCUT2D eigenvalue weighted by Crippen LogP contribution is -2.01. The number of methoxy groups -OCH3 is 1. The van der Waals surface area contributed by atoms with Crippen molar-refractivity contribution in [3.8, 4) is 5.75 Å². The first-order valence-corrected chi connectivity index (χ1v) is 6.63. The predicted octanol–water partition coefficient (Wildman–Crippen LogP) is 3.40. The number of aromatic nitrogens is 1. The van der Waals surface area contributed by atoms with E-state index in [4.69, 9.17) is 9.84 Å². The van der Waals surface area contributed by atoms with Crippen LogP contribution in [0.3, 0.4) is 0 Å². The first kappa shape index (κ1) is 13.2. The molecule has 0 aliphatic heterocycles. The highest BCUT2D eigenvalue weighted by Crippen LogP contribution is 2.23. The van der Waals surface area contributed by atoms with Crippen molar-refractivity contribution in [2.24, 2.45) is 0 Å². The van der Waals surface area contributed by atoms with Crippen LogP contribution in [0.5, 0.6) is 5.75 Å². The van der Waals surface area contributed by atoms with Gasteiger partial charge in [-0.25, -0.2) is 4.79 Å². The second kappa shape index (κ2) is 5.32. The number of aromatic carboxylic acids is 1. The monoisotopic (exact) mass is 281 g/mol. The minimum Gasteiger partial charge on any atom is -0.496 e. The summed E-state index contributed by atoms with van der Waals surface area (Å²) in [4.78, 5) is 11.0. The Morgan fingerprint density at radius 1 is 1.19 bits per heavy atom. The van der Waals surface area contributed by atoms with Gasteiger partial charge in [-0.1, -0.05) is 18.2 Å². The number of hydrogen-bond acceptors (Lipinski definition) is 2. The minimum absolute atomic E-state index is 0.303. The van der Waals surface area contributed by atoms with Crippen molar-refractivity contribution < 1.29 is 14.6 Å². The van der Waals surface area contributed by atoms with Crippen molar-refractivity contribution in [2.45, 2.75) is 6.54 Å². The Hall–Kier alpha value is -2.75. The van der Waals surface area contributed by atoms with Gasteiger partial charge in [0.1, 0.15) is 5.75 Å². The largest absolute Gasteiger partial charge is 0.496 e. The van der Waals surface area contributed by atoms with E-state index in [2.05, 4.69) is 4.57 Å². The summed E-state index contributed by atoms with van der Waals surface area (Å²) in [5.41, 5.74) is 2.39. The number of carbonyl (C=O) groups is 1. The lowest BCUT2D eigenvalue weighted by molar-refractivity contribution is 0.0697. The molecule has 3 rings (SSSR count). The Bertz CT molecular complexity index is 805. The van der Waals surface area contributed by atoms with Gasteiger partial charge in [-0.3, -0.25) is 0 Å². The highest BCUT2D eigenvalue weighted by atomic mass is 16.5. The van der Waals surface area contributed by atoms with Crippen LogP contribution >= 0.6 is 0 Å². The molecule has 0 saturated carbocycles. The fraction of sp³-hybridized carbons (Fsp3) is 0.118. The van der Waals surface area contributed by atoms with Gasteiger partial charge in [-0.05, 0) is 30.3 Å². The van der Waals surface area contributed by atoms with Gasteiger partial charge >= 0.3 is 5.97 Å². The summed E-state index contributed by atoms with van der Waals surface area (Å²) in [7, 11) is 1.66. The van der Waals surface area contributed by atoms with Crippen LogP contribution in [-0.2, 0) is 6.54 Å². The van der Waals surface area contributed by atoms with Crippen molar-refractivity contribution in [1.29, 1.82) is 0 Å². The van der Waals surface area contributed by atoms with Gasteiger partial charge < -0.3 is 14.4 Å². The number of rotatable bonds is 4. The highest BCUT2D eigenvalue weighted by molar-refractivity contribution is 5.93. The van der Waals surface area contributed by atoms with Gasteiger partial charge in [0.2, 0.25) is 0 Å². The van der Waals surface area contributed by atoms with E-state index in [9.17, 15) is 4.79 Å². The van der Waals surface area contributed by atoms with Gasteiger partial charge in [-0.2, -0.15) is 0 Å². The number of fused-ring (bicyclic) bond motifs is 1. The molecular weight excluding hydrogens is 266 g/mol. The lowest BCUT2D eigenvalue weighted by Gasteiger charge is -2.10. The van der Waals surface area contributed by atoms with Gasteiger partial charge in [0, 0.05) is 22.7 Å². The van der Waals surface area contributed by atoms with Gasteiger partial charge in [0.15, 0.2) is 0 Å². The molecule has 0 aliphatic rings. The summed E-state index contributed by atoms with van der Waals surface area (Å²) < 4.78 is 7.45. The molecule has 0 unspecified atom stereocenters. The molecule has 4 heteroatoms. The fourth-order valence-electron chi connectivity index (χ4n) is 2.49. The number of carboxylic acid groups (broad SMARTS) is 1. The maximum Gasteiger partial charge on any atom is 0.335 e. The maximum absolute atomic E-state index is 11.0. The van der Waals surface area contributed by atoms with E-state index in [1.807, 2.05) is 42.6 Å². The summed E-state index contributed by atoms with van der Waals surface area (Å²) in [6, 6.07) is 15.0. The number of hydrogen-bond donors (Lipinski definition) is 1. The maximum atomic E-state index is 11.0. The second-order valence-corrected chi connectivity index (χ2v) is 4.83. The van der Waals surface area contributed by atoms with Crippen molar-refractivity contribution in [3.05, 3.63) is 65.9 Å². The third-order valence-electron chi connectivity index (χ3n) is 3.55. The molecule has 21 heavy (non-hydrogen) atoms. The molecule has 2 aromatic carbocycles. The molecule has 1 aromatic heterocycles. The third-order valence-corrected chi connectivity index (χ3v) is 3.55. The summed E-state index contributed by atoms with van der Waals surface area (Å²) in [5.74, 6) is -0.0594. The zero-order valence-electron chi connectivity index (χ0n) is 11.6. The summed E-state index contributed by atoms with van der Waals surface area (Å²) >= 11 is 0. The Morgan fingerprint density at radius 2 is 2.00 bits per heavy atom. The van der Waals surface area contributed by atoms with Crippen LogP contribution in [0.25, 0.3) is 10.9 Å². The normalized spacial score (nSPS) is 10.7. The Balaban J connectivity index is 2.00. The number of ether oxygens (including phenoxy) is 1. The molecule has 0 radical (unpaired) electrons. The van der Waals surface area contributed by atoms with Crippen LogP contribution in [0.4, 0.5) is 0 Å². The van der Waals surface area contributed by atoms with Crippen LogP contribution < -0.4 is 4.74 Å². The fourth-order valence-corrected chi connectivity index (χ4v) is 2.49. The molecule has 0 atom stereocenters. The van der Waals surface area contributed by atoms with Crippen molar-refractivity contribution in [3.63, 3.8) is 0 Å². The number of para-hydroxylation sites is 1. The zero-order chi connectivity index (χ0) is 14.8. The van der Waals surface area contributed by atoms with E-state index >= 15 is 0 Å². The molecule has 1 heterocycles. The van der Waals surface area contributed by atoms with Gasteiger partial charge in [0.25, 0.3) is 0 Å². The summed E-state index contributed by atoms with van der Waals surface area (Å²) in [6.07, 6.45) is 1.96.